The summed E-state index contributed by atoms with van der Waals surface area (Å²) in [5.74, 6) is 0. The molecule has 17 heavy (non-hydrogen) atoms. The molecule has 0 spiro atoms. The molecule has 0 unspecified atom stereocenters. The SMILES string of the molecule is Clc1ccc(NCc2cccc(Br)n2)cc1Br. The summed E-state index contributed by atoms with van der Waals surface area (Å²) in [5.41, 5.74) is 1.98. The second kappa shape index (κ2) is 5.85. The van der Waals surface area contributed by atoms with Crippen LogP contribution < -0.4 is 5.32 Å². The van der Waals surface area contributed by atoms with E-state index in [0.29, 0.717) is 11.6 Å². The van der Waals surface area contributed by atoms with E-state index in [2.05, 4.69) is 42.2 Å². The van der Waals surface area contributed by atoms with Gasteiger partial charge < -0.3 is 5.32 Å². The number of pyridine rings is 1. The summed E-state index contributed by atoms with van der Waals surface area (Å²) in [6.07, 6.45) is 0. The summed E-state index contributed by atoms with van der Waals surface area (Å²) >= 11 is 12.7. The van der Waals surface area contributed by atoms with Gasteiger partial charge in [0.2, 0.25) is 0 Å². The highest BCUT2D eigenvalue weighted by molar-refractivity contribution is 9.10. The van der Waals surface area contributed by atoms with Crippen LogP contribution in [0, 0.1) is 0 Å². The normalized spacial score (nSPS) is 10.3. The Balaban J connectivity index is 2.05. The maximum Gasteiger partial charge on any atom is 0.106 e. The summed E-state index contributed by atoms with van der Waals surface area (Å²) in [6.45, 7) is 0.674. The van der Waals surface area contributed by atoms with E-state index in [1.165, 1.54) is 0 Å². The smallest absolute Gasteiger partial charge is 0.106 e. The molecule has 0 aliphatic heterocycles. The first kappa shape index (κ1) is 12.9. The lowest BCUT2D eigenvalue weighted by Crippen LogP contribution is -2.01. The quantitative estimate of drug-likeness (QED) is 0.773. The van der Waals surface area contributed by atoms with Crippen molar-refractivity contribution in [2.24, 2.45) is 0 Å². The van der Waals surface area contributed by atoms with E-state index in [4.69, 9.17) is 11.6 Å². The molecule has 0 amide bonds. The predicted octanol–water partition coefficient (Wildman–Crippen LogP) is 4.87. The Labute approximate surface area is 122 Å². The molecule has 0 bridgehead atoms. The molecule has 0 radical (unpaired) electrons. The van der Waals surface area contributed by atoms with E-state index in [-0.39, 0.29) is 0 Å². The van der Waals surface area contributed by atoms with Gasteiger partial charge in [0, 0.05) is 10.2 Å². The third-order valence-corrected chi connectivity index (χ3v) is 3.82. The Bertz CT molecular complexity index is 532. The Morgan fingerprint density at radius 3 is 2.71 bits per heavy atom. The zero-order valence-corrected chi connectivity index (χ0v) is 12.7. The van der Waals surface area contributed by atoms with Crippen molar-refractivity contribution >= 4 is 49.1 Å². The van der Waals surface area contributed by atoms with Crippen LogP contribution in [-0.2, 0) is 6.54 Å². The molecule has 2 rings (SSSR count). The lowest BCUT2D eigenvalue weighted by molar-refractivity contribution is 1.03. The van der Waals surface area contributed by atoms with Crippen LogP contribution in [0.3, 0.4) is 0 Å². The lowest BCUT2D eigenvalue weighted by Gasteiger charge is -2.07. The third kappa shape index (κ3) is 3.69. The average molecular weight is 376 g/mol. The van der Waals surface area contributed by atoms with E-state index in [1.807, 2.05) is 36.4 Å². The molecule has 0 atom stereocenters. The monoisotopic (exact) mass is 374 g/mol. The number of nitrogens with one attached hydrogen (secondary N) is 1. The number of hydrogen-bond donors (Lipinski definition) is 1. The van der Waals surface area contributed by atoms with Gasteiger partial charge in [-0.2, -0.15) is 0 Å². The Hall–Kier alpha value is -0.580. The fraction of sp³-hybridized carbons (Fsp3) is 0.0833. The van der Waals surface area contributed by atoms with Gasteiger partial charge in [0.1, 0.15) is 4.60 Å². The van der Waals surface area contributed by atoms with Gasteiger partial charge in [-0.1, -0.05) is 17.7 Å². The van der Waals surface area contributed by atoms with E-state index in [1.54, 1.807) is 0 Å². The second-order valence-corrected chi connectivity index (χ2v) is 5.51. The van der Waals surface area contributed by atoms with Gasteiger partial charge >= 0.3 is 0 Å². The van der Waals surface area contributed by atoms with Crippen LogP contribution in [0.25, 0.3) is 0 Å². The van der Waals surface area contributed by atoms with Crippen molar-refractivity contribution in [3.63, 3.8) is 0 Å². The van der Waals surface area contributed by atoms with E-state index >= 15 is 0 Å². The minimum atomic E-state index is 0.674. The molecular weight excluding hydrogens is 367 g/mol. The molecule has 0 saturated heterocycles. The largest absolute Gasteiger partial charge is 0.379 e. The Kier molecular flexibility index (Phi) is 4.42. The van der Waals surface area contributed by atoms with Crippen LogP contribution >= 0.6 is 43.5 Å². The lowest BCUT2D eigenvalue weighted by atomic mass is 10.3. The number of rotatable bonds is 3. The molecular formula is C12H9Br2ClN2. The first-order chi connectivity index (χ1) is 8.15. The minimum Gasteiger partial charge on any atom is -0.379 e. The van der Waals surface area contributed by atoms with Gasteiger partial charge in [0.05, 0.1) is 17.3 Å². The van der Waals surface area contributed by atoms with Gasteiger partial charge in [-0.05, 0) is 62.2 Å². The Morgan fingerprint density at radius 1 is 1.18 bits per heavy atom. The van der Waals surface area contributed by atoms with Crippen molar-refractivity contribution in [2.75, 3.05) is 5.32 Å². The maximum atomic E-state index is 5.93. The molecule has 0 aliphatic rings. The second-order valence-electron chi connectivity index (χ2n) is 3.43. The summed E-state index contributed by atoms with van der Waals surface area (Å²) in [4.78, 5) is 4.34. The fourth-order valence-electron chi connectivity index (χ4n) is 1.35. The molecule has 1 N–H and O–H groups in total. The van der Waals surface area contributed by atoms with Gasteiger partial charge in [-0.25, -0.2) is 4.98 Å². The summed E-state index contributed by atoms with van der Waals surface area (Å²) < 4.78 is 1.72. The minimum absolute atomic E-state index is 0.674. The number of nitrogens with zero attached hydrogens (tertiary/aromatic N) is 1. The molecule has 88 valence electrons. The molecule has 0 fully saturated rings. The summed E-state index contributed by atoms with van der Waals surface area (Å²) in [6, 6.07) is 11.6. The van der Waals surface area contributed by atoms with Crippen LogP contribution in [0.5, 0.6) is 0 Å². The van der Waals surface area contributed by atoms with Crippen molar-refractivity contribution in [1.82, 2.24) is 4.98 Å². The van der Waals surface area contributed by atoms with E-state index < -0.39 is 0 Å². The number of anilines is 1. The van der Waals surface area contributed by atoms with Crippen molar-refractivity contribution in [2.45, 2.75) is 6.54 Å². The summed E-state index contributed by atoms with van der Waals surface area (Å²) in [5, 5.41) is 3.99. The first-order valence-corrected chi connectivity index (χ1v) is 6.92. The fourth-order valence-corrected chi connectivity index (χ4v) is 2.22. The highest BCUT2D eigenvalue weighted by Crippen LogP contribution is 2.25. The molecule has 5 heteroatoms. The van der Waals surface area contributed by atoms with Gasteiger partial charge in [-0.3, -0.25) is 0 Å². The summed E-state index contributed by atoms with van der Waals surface area (Å²) in [7, 11) is 0. The number of hydrogen-bond acceptors (Lipinski definition) is 2. The molecule has 2 aromatic rings. The highest BCUT2D eigenvalue weighted by atomic mass is 79.9. The van der Waals surface area contributed by atoms with Gasteiger partial charge in [0.25, 0.3) is 0 Å². The third-order valence-electron chi connectivity index (χ3n) is 2.17. The average Bonchev–Trinajstić information content (AvgIpc) is 2.31. The topological polar surface area (TPSA) is 24.9 Å². The van der Waals surface area contributed by atoms with E-state index in [9.17, 15) is 0 Å². The number of aromatic nitrogens is 1. The van der Waals surface area contributed by atoms with Crippen molar-refractivity contribution in [3.05, 3.63) is 56.2 Å². The van der Waals surface area contributed by atoms with Crippen molar-refractivity contribution in [1.29, 1.82) is 0 Å². The Morgan fingerprint density at radius 2 is 2.00 bits per heavy atom. The molecule has 0 saturated carbocycles. The molecule has 1 heterocycles. The van der Waals surface area contributed by atoms with Crippen LogP contribution in [0.2, 0.25) is 5.02 Å². The molecule has 2 nitrogen and oxygen atoms in total. The zero-order chi connectivity index (χ0) is 12.3. The molecule has 1 aromatic carbocycles. The van der Waals surface area contributed by atoms with Crippen molar-refractivity contribution < 1.29 is 0 Å². The van der Waals surface area contributed by atoms with Crippen LogP contribution in [0.4, 0.5) is 5.69 Å². The van der Waals surface area contributed by atoms with Crippen LogP contribution in [-0.4, -0.2) is 4.98 Å². The van der Waals surface area contributed by atoms with Gasteiger partial charge in [0.15, 0.2) is 0 Å². The number of halogens is 3. The molecule has 1 aromatic heterocycles. The zero-order valence-electron chi connectivity index (χ0n) is 8.75. The number of benzene rings is 1. The predicted molar refractivity (Wildman–Crippen MR) is 78.4 cm³/mol. The van der Waals surface area contributed by atoms with Crippen LogP contribution in [0.1, 0.15) is 5.69 Å². The maximum absolute atomic E-state index is 5.93. The first-order valence-electron chi connectivity index (χ1n) is 4.95. The molecule has 0 aliphatic carbocycles. The van der Waals surface area contributed by atoms with Crippen molar-refractivity contribution in [3.8, 4) is 0 Å². The van der Waals surface area contributed by atoms with Crippen LogP contribution in [0.15, 0.2) is 45.5 Å². The highest BCUT2D eigenvalue weighted by Gasteiger charge is 2.00. The standard InChI is InChI=1S/C12H9Br2ClN2/c13-10-6-8(4-5-11(10)15)16-7-9-2-1-3-12(14)17-9/h1-6,16H,7H2. The van der Waals surface area contributed by atoms with Gasteiger partial charge in [-0.15, -0.1) is 0 Å². The van der Waals surface area contributed by atoms with E-state index in [0.717, 1.165) is 20.5 Å².